The van der Waals surface area contributed by atoms with E-state index in [1.54, 1.807) is 0 Å². The lowest BCUT2D eigenvalue weighted by Crippen LogP contribution is -2.11. The highest BCUT2D eigenvalue weighted by molar-refractivity contribution is 7.30. The summed E-state index contributed by atoms with van der Waals surface area (Å²) in [7, 11) is -2.71. The highest BCUT2D eigenvalue weighted by Gasteiger charge is 2.16. The van der Waals surface area contributed by atoms with E-state index in [1.165, 1.54) is 83.5 Å². The Kier molecular flexibility index (Phi) is 19.4. The zero-order chi connectivity index (χ0) is 17.9. The Labute approximate surface area is 151 Å². The van der Waals surface area contributed by atoms with Crippen LogP contribution in [0, 0.1) is 0 Å². The Hall–Kier alpha value is 0.0200. The van der Waals surface area contributed by atoms with Crippen molar-refractivity contribution in [1.82, 2.24) is 0 Å². The van der Waals surface area contributed by atoms with E-state index >= 15 is 0 Å². The first-order valence-corrected chi connectivity index (χ1v) is 11.6. The molecule has 0 aliphatic rings. The summed E-state index contributed by atoms with van der Waals surface area (Å²) >= 11 is 0. The highest BCUT2D eigenvalue weighted by Crippen LogP contribution is 2.23. The molecule has 0 amide bonds. The highest BCUT2D eigenvalue weighted by atomic mass is 31.1. The van der Waals surface area contributed by atoms with Crippen molar-refractivity contribution in [2.24, 2.45) is 0 Å². The van der Waals surface area contributed by atoms with Gasteiger partial charge in [-0.05, 0) is 17.4 Å². The van der Waals surface area contributed by atoms with Crippen molar-refractivity contribution in [3.8, 4) is 0 Å². The summed E-state index contributed by atoms with van der Waals surface area (Å²) in [5, 5.41) is 0. The average Bonchev–Trinajstić information content (AvgIpc) is 2.55. The van der Waals surface area contributed by atoms with Crippen LogP contribution in [0.5, 0.6) is 0 Å². The third-order valence-electron chi connectivity index (χ3n) is 4.74. The van der Waals surface area contributed by atoms with E-state index in [4.69, 9.17) is 4.52 Å². The van der Waals surface area contributed by atoms with Crippen LogP contribution in [0.15, 0.2) is 0 Å². The summed E-state index contributed by atoms with van der Waals surface area (Å²) in [6.07, 6.45) is 20.8. The minimum absolute atomic E-state index is 0.0816. The number of hydrogen-bond acceptors (Lipinski definition) is 3. The van der Waals surface area contributed by atoms with Gasteiger partial charge >= 0.3 is 8.25 Å². The lowest BCUT2D eigenvalue weighted by molar-refractivity contribution is -0.189. The molecule has 4 heteroatoms. The van der Waals surface area contributed by atoms with Gasteiger partial charge in [0, 0.05) is 0 Å². The molecule has 3 nitrogen and oxygen atoms in total. The first-order valence-electron chi connectivity index (χ1n) is 10.5. The Morgan fingerprint density at radius 1 is 0.667 bits per heavy atom. The van der Waals surface area contributed by atoms with Crippen LogP contribution in [0.25, 0.3) is 0 Å². The van der Waals surface area contributed by atoms with Crippen molar-refractivity contribution in [1.29, 1.82) is 0 Å². The van der Waals surface area contributed by atoms with Gasteiger partial charge in [-0.2, -0.15) is 0 Å². The fourth-order valence-corrected chi connectivity index (χ4v) is 3.66. The van der Waals surface area contributed by atoms with Gasteiger partial charge < -0.3 is 4.89 Å². The van der Waals surface area contributed by atoms with Crippen LogP contribution < -0.4 is 4.89 Å². The molecule has 0 aromatic heterocycles. The van der Waals surface area contributed by atoms with Gasteiger partial charge in [-0.15, -0.1) is 4.52 Å². The predicted octanol–water partition coefficient (Wildman–Crippen LogP) is 7.06. The molecule has 0 heterocycles. The molecule has 24 heavy (non-hydrogen) atoms. The molecule has 0 saturated heterocycles. The maximum Gasteiger partial charge on any atom is 0.488 e. The van der Waals surface area contributed by atoms with E-state index in [-0.39, 0.29) is 6.10 Å². The molecule has 0 rings (SSSR count). The molecule has 0 radical (unpaired) electrons. The number of hydrogen-bond donors (Lipinski definition) is 0. The molecule has 144 valence electrons. The maximum atomic E-state index is 10.9. The van der Waals surface area contributed by atoms with Crippen LogP contribution in [0.1, 0.15) is 123 Å². The molecule has 0 saturated carbocycles. The van der Waals surface area contributed by atoms with Crippen molar-refractivity contribution < 1.29 is 14.0 Å². The van der Waals surface area contributed by atoms with Crippen molar-refractivity contribution in [3.63, 3.8) is 0 Å². The fraction of sp³-hybridized carbons (Fsp3) is 1.00. The molecule has 0 fully saturated rings. The second kappa shape index (κ2) is 19.3. The normalized spacial score (nSPS) is 13.2. The molecule has 0 aromatic carbocycles. The largest absolute Gasteiger partial charge is 0.566 e. The zero-order valence-electron chi connectivity index (χ0n) is 16.3. The molecular formula is C20H41O3P. The average molecular weight is 361 g/mol. The quantitative estimate of drug-likeness (QED) is 0.183. The van der Waals surface area contributed by atoms with E-state index < -0.39 is 8.25 Å². The third-order valence-corrected chi connectivity index (χ3v) is 5.21. The van der Waals surface area contributed by atoms with Gasteiger partial charge in [0.2, 0.25) is 0 Å². The summed E-state index contributed by atoms with van der Waals surface area (Å²) in [5.41, 5.74) is 0. The van der Waals surface area contributed by atoms with E-state index in [0.29, 0.717) is 0 Å². The van der Waals surface area contributed by atoms with Gasteiger partial charge in [-0.25, -0.2) is 0 Å². The van der Waals surface area contributed by atoms with Gasteiger partial charge in [0.15, 0.2) is 0 Å². The second-order valence-corrected chi connectivity index (χ2v) is 7.78. The topological polar surface area (TPSA) is 49.4 Å². The van der Waals surface area contributed by atoms with Gasteiger partial charge in [0.25, 0.3) is 0 Å². The zero-order valence-corrected chi connectivity index (χ0v) is 17.2. The summed E-state index contributed by atoms with van der Waals surface area (Å²) < 4.78 is 16.0. The summed E-state index contributed by atoms with van der Waals surface area (Å²) in [4.78, 5) is 10.9. The van der Waals surface area contributed by atoms with Gasteiger partial charge in [-0.1, -0.05) is 110 Å². The van der Waals surface area contributed by atoms with Gasteiger partial charge in [-0.3, -0.25) is 0 Å². The Balaban J connectivity index is 3.61. The monoisotopic (exact) mass is 360 g/mol. The molecule has 2 atom stereocenters. The summed E-state index contributed by atoms with van der Waals surface area (Å²) in [6, 6.07) is 0. The number of unbranched alkanes of at least 4 members (excludes halogenated alkanes) is 13. The van der Waals surface area contributed by atoms with E-state index in [9.17, 15) is 9.46 Å². The van der Waals surface area contributed by atoms with E-state index in [0.717, 1.165) is 25.7 Å². The minimum atomic E-state index is -2.71. The second-order valence-electron chi connectivity index (χ2n) is 7.12. The van der Waals surface area contributed by atoms with E-state index in [1.807, 2.05) is 0 Å². The van der Waals surface area contributed by atoms with Crippen LogP contribution in [-0.4, -0.2) is 6.10 Å². The van der Waals surface area contributed by atoms with Gasteiger partial charge in [0.1, 0.15) is 6.10 Å². The summed E-state index contributed by atoms with van der Waals surface area (Å²) in [6.45, 7) is 4.48. The van der Waals surface area contributed by atoms with Gasteiger partial charge in [0.05, 0.1) is 0 Å². The van der Waals surface area contributed by atoms with Crippen molar-refractivity contribution in [2.75, 3.05) is 0 Å². The van der Waals surface area contributed by atoms with Crippen LogP contribution in [0.4, 0.5) is 0 Å². The molecule has 2 unspecified atom stereocenters. The summed E-state index contributed by atoms with van der Waals surface area (Å²) in [5.74, 6) is 0. The Morgan fingerprint density at radius 2 is 1.00 bits per heavy atom. The first-order chi connectivity index (χ1) is 11.7. The molecule has 0 aromatic rings. The SMILES string of the molecule is CCCCCCCCCCC(CCCCCCCCC)O[P+](=O)[O-]. The smallest absolute Gasteiger partial charge is 0.488 e. The fourth-order valence-electron chi connectivity index (χ4n) is 3.21. The molecule has 0 aliphatic heterocycles. The van der Waals surface area contributed by atoms with Crippen molar-refractivity contribution >= 4 is 8.25 Å². The van der Waals surface area contributed by atoms with Crippen LogP contribution in [0.2, 0.25) is 0 Å². The minimum Gasteiger partial charge on any atom is -0.566 e. The van der Waals surface area contributed by atoms with Crippen LogP contribution >= 0.6 is 8.25 Å². The standard InChI is InChI=1S/C20H41O3P/c1-3-5-7-9-11-13-15-17-19-20(23-24(21)22)18-16-14-12-10-8-6-4-2/h20H,3-19H2,1-2H3. The molecule has 0 N–H and O–H groups in total. The molecular weight excluding hydrogens is 319 g/mol. The molecule has 0 aliphatic carbocycles. The van der Waals surface area contributed by atoms with E-state index in [2.05, 4.69) is 13.8 Å². The lowest BCUT2D eigenvalue weighted by Gasteiger charge is -2.12. The Morgan fingerprint density at radius 3 is 1.33 bits per heavy atom. The predicted molar refractivity (Wildman–Crippen MR) is 102 cm³/mol. The van der Waals surface area contributed by atoms with Crippen LogP contribution in [0.3, 0.4) is 0 Å². The van der Waals surface area contributed by atoms with Crippen LogP contribution in [-0.2, 0) is 9.09 Å². The molecule has 0 spiro atoms. The van der Waals surface area contributed by atoms with Crippen molar-refractivity contribution in [3.05, 3.63) is 0 Å². The van der Waals surface area contributed by atoms with Crippen molar-refractivity contribution in [2.45, 2.75) is 129 Å². The lowest BCUT2D eigenvalue weighted by atomic mass is 10.0. The Bertz CT molecular complexity index is 272. The first kappa shape index (κ1) is 24.0. The molecule has 0 bridgehead atoms. The third kappa shape index (κ3) is 18.4. The number of rotatable bonds is 19. The maximum absolute atomic E-state index is 10.9.